The first kappa shape index (κ1) is 31.0. The maximum atomic E-state index is 15.2. The quantitative estimate of drug-likeness (QED) is 0.232. The lowest BCUT2D eigenvalue weighted by Crippen LogP contribution is -2.26. The normalized spacial score (nSPS) is 12.9. The van der Waals surface area contributed by atoms with Crippen molar-refractivity contribution in [3.8, 4) is 17.1 Å². The monoisotopic (exact) mass is 588 g/mol. The van der Waals surface area contributed by atoms with Crippen LogP contribution in [0.2, 0.25) is 0 Å². The molecule has 41 heavy (non-hydrogen) atoms. The average molecular weight is 588 g/mol. The van der Waals surface area contributed by atoms with Gasteiger partial charge in [0.25, 0.3) is 12.0 Å². The molecule has 1 unspecified atom stereocenters. The van der Waals surface area contributed by atoms with Crippen LogP contribution in [0, 0.1) is 5.82 Å². The SMILES string of the molecule is CC(CCCN(C)/C=C(/F)c1cc(-c2ncc(C(F)F)c(N)n2)c(F)cc1C=O)Oc1cn[nH]c(=O)c1C(F)(F)F. The van der Waals surface area contributed by atoms with Crippen LogP contribution in [0.3, 0.4) is 0 Å². The van der Waals surface area contributed by atoms with Crippen LogP contribution in [0.15, 0.2) is 35.5 Å². The van der Waals surface area contributed by atoms with Crippen molar-refractivity contribution in [3.05, 3.63) is 69.2 Å². The molecule has 0 saturated carbocycles. The summed E-state index contributed by atoms with van der Waals surface area (Å²) in [6.45, 7) is 1.66. The number of carbonyl (C=O) groups excluding carboxylic acids is 1. The van der Waals surface area contributed by atoms with E-state index in [-0.39, 0.29) is 35.9 Å². The van der Waals surface area contributed by atoms with Crippen molar-refractivity contribution in [3.63, 3.8) is 0 Å². The molecule has 16 heteroatoms. The highest BCUT2D eigenvalue weighted by Crippen LogP contribution is 2.34. The van der Waals surface area contributed by atoms with Crippen LogP contribution >= 0.6 is 0 Å². The zero-order valence-corrected chi connectivity index (χ0v) is 21.5. The molecule has 0 saturated heterocycles. The van der Waals surface area contributed by atoms with E-state index in [0.717, 1.165) is 30.7 Å². The van der Waals surface area contributed by atoms with E-state index in [1.54, 1.807) is 5.10 Å². The highest BCUT2D eigenvalue weighted by Gasteiger charge is 2.38. The fourth-order valence-electron chi connectivity index (χ4n) is 3.74. The Balaban J connectivity index is 1.72. The third-order valence-electron chi connectivity index (χ3n) is 5.74. The summed E-state index contributed by atoms with van der Waals surface area (Å²) in [5.41, 5.74) is 0.810. The number of rotatable bonds is 11. The largest absolute Gasteiger partial charge is 0.488 e. The van der Waals surface area contributed by atoms with Crippen molar-refractivity contribution in [2.45, 2.75) is 38.5 Å². The Labute approximate surface area is 227 Å². The molecule has 0 amide bonds. The molecule has 3 N–H and O–H groups in total. The summed E-state index contributed by atoms with van der Waals surface area (Å²) in [4.78, 5) is 31.7. The number of carbonyl (C=O) groups is 1. The molecule has 1 atom stereocenters. The third kappa shape index (κ3) is 7.58. The number of halogens is 7. The zero-order chi connectivity index (χ0) is 30.5. The summed E-state index contributed by atoms with van der Waals surface area (Å²) in [5, 5.41) is 5.03. The maximum Gasteiger partial charge on any atom is 0.425 e. The number of aromatic amines is 1. The minimum Gasteiger partial charge on any atom is -0.488 e. The van der Waals surface area contributed by atoms with Gasteiger partial charge in [-0.2, -0.15) is 18.3 Å². The van der Waals surface area contributed by atoms with Gasteiger partial charge >= 0.3 is 6.18 Å². The van der Waals surface area contributed by atoms with Crippen LogP contribution in [0.25, 0.3) is 17.2 Å². The molecular formula is C25H23F7N6O3. The first-order chi connectivity index (χ1) is 19.2. The Morgan fingerprint density at radius 1 is 1.24 bits per heavy atom. The van der Waals surface area contributed by atoms with Gasteiger partial charge in [-0.1, -0.05) is 0 Å². The number of aldehydes is 1. The van der Waals surface area contributed by atoms with Crippen LogP contribution in [0.4, 0.5) is 36.6 Å². The standard InChI is InChI=1S/C25H23F7N6O3/c1-12(41-19-9-35-37-24(40)20(19)25(30,31)32)4-3-5-38(2)10-18(27)14-7-15(17(26)6-13(14)11-39)23-34-8-16(21(28)29)22(33)36-23/h6-12,21H,3-5H2,1-2H3,(H,37,40)(H2,33,34,36)/b18-10+. The third-order valence-corrected chi connectivity index (χ3v) is 5.74. The van der Waals surface area contributed by atoms with Crippen molar-refractivity contribution in [2.75, 3.05) is 19.3 Å². The predicted octanol–water partition coefficient (Wildman–Crippen LogP) is 5.16. The summed E-state index contributed by atoms with van der Waals surface area (Å²) in [7, 11) is 1.48. The van der Waals surface area contributed by atoms with E-state index in [1.807, 2.05) is 0 Å². The Morgan fingerprint density at radius 2 is 1.95 bits per heavy atom. The number of hydrogen-bond donors (Lipinski definition) is 2. The van der Waals surface area contributed by atoms with Gasteiger partial charge in [0.1, 0.15) is 17.5 Å². The van der Waals surface area contributed by atoms with E-state index in [0.29, 0.717) is 6.42 Å². The second kappa shape index (κ2) is 12.8. The number of hydrogen-bond acceptors (Lipinski definition) is 8. The van der Waals surface area contributed by atoms with Gasteiger partial charge in [-0.05, 0) is 31.9 Å². The Bertz CT molecular complexity index is 1490. The zero-order valence-electron chi connectivity index (χ0n) is 21.5. The lowest BCUT2D eigenvalue weighted by atomic mass is 10.0. The van der Waals surface area contributed by atoms with Crippen molar-refractivity contribution in [1.82, 2.24) is 25.1 Å². The van der Waals surface area contributed by atoms with E-state index in [2.05, 4.69) is 15.1 Å². The highest BCUT2D eigenvalue weighted by molar-refractivity contribution is 5.86. The fraction of sp³-hybridized carbons (Fsp3) is 0.320. The van der Waals surface area contributed by atoms with Gasteiger partial charge in [0, 0.05) is 37.1 Å². The molecule has 3 aromatic rings. The van der Waals surface area contributed by atoms with Crippen molar-refractivity contribution >= 4 is 17.9 Å². The lowest BCUT2D eigenvalue weighted by molar-refractivity contribution is -0.140. The molecule has 9 nitrogen and oxygen atoms in total. The van der Waals surface area contributed by atoms with Crippen LogP contribution in [-0.4, -0.2) is 51.0 Å². The van der Waals surface area contributed by atoms with E-state index in [1.165, 1.54) is 18.9 Å². The van der Waals surface area contributed by atoms with E-state index < -0.39 is 64.4 Å². The van der Waals surface area contributed by atoms with Crippen molar-refractivity contribution in [2.24, 2.45) is 0 Å². The van der Waals surface area contributed by atoms with Gasteiger partial charge in [-0.25, -0.2) is 32.6 Å². The molecule has 0 bridgehead atoms. The first-order valence-electron chi connectivity index (χ1n) is 11.8. The number of nitrogen functional groups attached to an aromatic ring is 1. The molecule has 0 aliphatic carbocycles. The fourth-order valence-corrected chi connectivity index (χ4v) is 3.74. The van der Waals surface area contributed by atoms with E-state index >= 15 is 4.39 Å². The molecule has 0 aliphatic heterocycles. The number of benzene rings is 1. The lowest BCUT2D eigenvalue weighted by Gasteiger charge is -2.19. The second-order valence-corrected chi connectivity index (χ2v) is 8.84. The average Bonchev–Trinajstić information content (AvgIpc) is 2.87. The number of ether oxygens (including phenoxy) is 1. The van der Waals surface area contributed by atoms with Gasteiger partial charge < -0.3 is 15.4 Å². The number of nitrogens with two attached hydrogens (primary N) is 1. The van der Waals surface area contributed by atoms with Gasteiger partial charge in [-0.3, -0.25) is 9.59 Å². The Hall–Kier alpha value is -4.50. The minimum atomic E-state index is -4.96. The number of aromatic nitrogens is 4. The number of anilines is 1. The number of H-pyrrole nitrogens is 1. The summed E-state index contributed by atoms with van der Waals surface area (Å²) in [6.07, 6.45) is -5.49. The van der Waals surface area contributed by atoms with Gasteiger partial charge in [0.2, 0.25) is 0 Å². The van der Waals surface area contributed by atoms with Crippen LogP contribution in [0.1, 0.15) is 53.2 Å². The molecule has 1 aromatic carbocycles. The molecule has 2 aromatic heterocycles. The van der Waals surface area contributed by atoms with Crippen LogP contribution in [0.5, 0.6) is 5.75 Å². The van der Waals surface area contributed by atoms with E-state index in [9.17, 15) is 35.9 Å². The molecule has 3 rings (SSSR count). The minimum absolute atomic E-state index is 0.181. The Kier molecular flexibility index (Phi) is 9.67. The van der Waals surface area contributed by atoms with Crippen LogP contribution in [-0.2, 0) is 6.18 Å². The smallest absolute Gasteiger partial charge is 0.425 e. The summed E-state index contributed by atoms with van der Waals surface area (Å²) in [6, 6.07) is 1.68. The topological polar surface area (TPSA) is 127 Å². The molecule has 220 valence electrons. The number of nitrogens with one attached hydrogen (secondary N) is 1. The molecule has 0 fully saturated rings. The molecule has 0 aliphatic rings. The Morgan fingerprint density at radius 3 is 2.56 bits per heavy atom. The number of nitrogens with zero attached hydrogens (tertiary/aromatic N) is 4. The molecule has 0 radical (unpaired) electrons. The first-order valence-corrected chi connectivity index (χ1v) is 11.8. The summed E-state index contributed by atoms with van der Waals surface area (Å²) < 4.78 is 101. The molecule has 2 heterocycles. The second-order valence-electron chi connectivity index (χ2n) is 8.84. The number of alkyl halides is 5. The van der Waals surface area contributed by atoms with Crippen molar-refractivity contribution < 1.29 is 40.3 Å². The van der Waals surface area contributed by atoms with Gasteiger partial charge in [0.15, 0.2) is 23.4 Å². The predicted molar refractivity (Wildman–Crippen MR) is 133 cm³/mol. The summed E-state index contributed by atoms with van der Waals surface area (Å²) >= 11 is 0. The maximum absolute atomic E-state index is 15.2. The van der Waals surface area contributed by atoms with Crippen LogP contribution < -0.4 is 16.0 Å². The van der Waals surface area contributed by atoms with E-state index in [4.69, 9.17) is 10.5 Å². The molecular weight excluding hydrogens is 565 g/mol. The van der Waals surface area contributed by atoms with Gasteiger partial charge in [0.05, 0.1) is 23.4 Å². The highest BCUT2D eigenvalue weighted by atomic mass is 19.4. The summed E-state index contributed by atoms with van der Waals surface area (Å²) in [5.74, 6) is -3.69. The van der Waals surface area contributed by atoms with Crippen molar-refractivity contribution in [1.29, 1.82) is 0 Å². The van der Waals surface area contributed by atoms with Gasteiger partial charge in [-0.15, -0.1) is 0 Å². The molecule has 0 spiro atoms.